The van der Waals surface area contributed by atoms with Crippen LogP contribution in [0.15, 0.2) is 23.3 Å². The second-order valence-corrected chi connectivity index (χ2v) is 6.12. The molecule has 3 aromatic rings. The largest absolute Gasteiger partial charge is 0.334 e. The predicted molar refractivity (Wildman–Crippen MR) is 88.5 cm³/mol. The van der Waals surface area contributed by atoms with Crippen molar-refractivity contribution in [2.75, 3.05) is 6.54 Å². The number of H-pyrrole nitrogens is 2. The van der Waals surface area contributed by atoms with E-state index in [1.165, 1.54) is 16.9 Å². The predicted octanol–water partition coefficient (Wildman–Crippen LogP) is 0.494. The van der Waals surface area contributed by atoms with Gasteiger partial charge in [0.25, 0.3) is 11.5 Å². The van der Waals surface area contributed by atoms with E-state index in [0.717, 1.165) is 17.7 Å². The van der Waals surface area contributed by atoms with Crippen LogP contribution >= 0.6 is 0 Å². The first-order chi connectivity index (χ1) is 12.0. The number of aromatic amines is 2. The van der Waals surface area contributed by atoms with Gasteiger partial charge < -0.3 is 4.90 Å². The van der Waals surface area contributed by atoms with Gasteiger partial charge in [-0.05, 0) is 13.8 Å². The number of fused-ring (bicyclic) bond motifs is 1. The minimum Gasteiger partial charge on any atom is -0.334 e. The summed E-state index contributed by atoms with van der Waals surface area (Å²) in [5.74, 6) is 0.211. The third-order valence-corrected chi connectivity index (χ3v) is 4.39. The number of carbonyl (C=O) groups is 1. The van der Waals surface area contributed by atoms with Crippen molar-refractivity contribution in [3.05, 3.63) is 57.0 Å². The lowest BCUT2D eigenvalue weighted by Crippen LogP contribution is -2.36. The molecular formula is C16H17N7O2. The fraction of sp³-hybridized carbons (Fsp3) is 0.312. The molecule has 1 amide bonds. The molecule has 0 bridgehead atoms. The summed E-state index contributed by atoms with van der Waals surface area (Å²) < 4.78 is 1.48. The summed E-state index contributed by atoms with van der Waals surface area (Å²) >= 11 is 0. The molecule has 0 atom stereocenters. The van der Waals surface area contributed by atoms with Gasteiger partial charge >= 0.3 is 0 Å². The lowest BCUT2D eigenvalue weighted by molar-refractivity contribution is 0.0733. The average molecular weight is 339 g/mol. The molecule has 0 aromatic carbocycles. The lowest BCUT2D eigenvalue weighted by atomic mass is 10.1. The number of rotatable bonds is 2. The maximum absolute atomic E-state index is 12.9. The minimum atomic E-state index is -0.256. The van der Waals surface area contributed by atoms with Crippen molar-refractivity contribution < 1.29 is 4.79 Å². The smallest absolute Gasteiger partial charge is 0.257 e. The maximum Gasteiger partial charge on any atom is 0.257 e. The van der Waals surface area contributed by atoms with Gasteiger partial charge in [-0.2, -0.15) is 10.2 Å². The van der Waals surface area contributed by atoms with Crippen molar-refractivity contribution in [2.45, 2.75) is 26.8 Å². The Morgan fingerprint density at radius 3 is 2.92 bits per heavy atom. The minimum absolute atomic E-state index is 0.0920. The Morgan fingerprint density at radius 2 is 2.12 bits per heavy atom. The molecule has 3 aromatic heterocycles. The Kier molecular flexibility index (Phi) is 3.48. The van der Waals surface area contributed by atoms with Crippen molar-refractivity contribution in [1.29, 1.82) is 0 Å². The quantitative estimate of drug-likeness (QED) is 0.706. The summed E-state index contributed by atoms with van der Waals surface area (Å²) in [4.78, 5) is 33.2. The summed E-state index contributed by atoms with van der Waals surface area (Å²) in [5.41, 5.74) is 3.58. The molecule has 25 heavy (non-hydrogen) atoms. The standard InChI is InChI=1S/C16H17N7O2/c1-9-5-14(24)20-16(19-9)23-10(2)12(7-18-23)15(25)22-4-3-13-11(8-22)6-17-21-13/h5-7H,3-4,8H2,1-2H3,(H,17,21)(H,19,20,24). The zero-order chi connectivity index (χ0) is 17.6. The van der Waals surface area contributed by atoms with Crippen molar-refractivity contribution in [2.24, 2.45) is 0 Å². The molecule has 0 saturated heterocycles. The second kappa shape index (κ2) is 5.69. The first-order valence-electron chi connectivity index (χ1n) is 7.96. The lowest BCUT2D eigenvalue weighted by Gasteiger charge is -2.26. The van der Waals surface area contributed by atoms with E-state index in [0.29, 0.717) is 36.0 Å². The van der Waals surface area contributed by atoms with Crippen LogP contribution in [0.5, 0.6) is 0 Å². The number of nitrogens with one attached hydrogen (secondary N) is 2. The van der Waals surface area contributed by atoms with Crippen LogP contribution in [0.1, 0.15) is 33.0 Å². The van der Waals surface area contributed by atoms with Gasteiger partial charge in [0.05, 0.1) is 23.7 Å². The Bertz CT molecular complexity index is 1010. The molecule has 4 heterocycles. The highest BCUT2D eigenvalue weighted by Crippen LogP contribution is 2.20. The highest BCUT2D eigenvalue weighted by atomic mass is 16.2. The molecule has 0 spiro atoms. The van der Waals surface area contributed by atoms with E-state index < -0.39 is 0 Å². The fourth-order valence-electron chi connectivity index (χ4n) is 3.06. The molecule has 0 aliphatic carbocycles. The van der Waals surface area contributed by atoms with Crippen LogP contribution in [-0.4, -0.2) is 47.3 Å². The number of hydrogen-bond donors (Lipinski definition) is 2. The Balaban J connectivity index is 1.65. The summed E-state index contributed by atoms with van der Waals surface area (Å²) in [5, 5.41) is 11.2. The van der Waals surface area contributed by atoms with E-state index in [-0.39, 0.29) is 11.5 Å². The molecular weight excluding hydrogens is 322 g/mol. The molecule has 4 rings (SSSR count). The number of nitrogens with zero attached hydrogens (tertiary/aromatic N) is 5. The topological polar surface area (TPSA) is 113 Å². The van der Waals surface area contributed by atoms with Gasteiger partial charge in [0.1, 0.15) is 0 Å². The number of aryl methyl sites for hydroxylation is 1. The first kappa shape index (κ1) is 15.3. The number of aromatic nitrogens is 6. The van der Waals surface area contributed by atoms with Crippen LogP contribution in [0.4, 0.5) is 0 Å². The molecule has 9 nitrogen and oxygen atoms in total. The van der Waals surface area contributed by atoms with Gasteiger partial charge in [-0.25, -0.2) is 9.67 Å². The van der Waals surface area contributed by atoms with Gasteiger partial charge in [-0.3, -0.25) is 19.7 Å². The molecule has 1 aliphatic rings. The molecule has 2 N–H and O–H groups in total. The molecule has 0 fully saturated rings. The fourth-order valence-corrected chi connectivity index (χ4v) is 3.06. The van der Waals surface area contributed by atoms with E-state index in [9.17, 15) is 9.59 Å². The van der Waals surface area contributed by atoms with Crippen LogP contribution < -0.4 is 5.56 Å². The third kappa shape index (κ3) is 2.63. The van der Waals surface area contributed by atoms with E-state index in [4.69, 9.17) is 0 Å². The molecule has 1 aliphatic heterocycles. The molecule has 9 heteroatoms. The Morgan fingerprint density at radius 1 is 1.28 bits per heavy atom. The van der Waals surface area contributed by atoms with Crippen LogP contribution in [0.25, 0.3) is 5.95 Å². The van der Waals surface area contributed by atoms with Gasteiger partial charge in [0, 0.05) is 42.5 Å². The van der Waals surface area contributed by atoms with Gasteiger partial charge in [0.2, 0.25) is 5.95 Å². The second-order valence-electron chi connectivity index (χ2n) is 6.12. The van der Waals surface area contributed by atoms with E-state index in [2.05, 4.69) is 25.3 Å². The normalized spacial score (nSPS) is 13.8. The van der Waals surface area contributed by atoms with Crippen molar-refractivity contribution in [1.82, 2.24) is 34.8 Å². The Labute approximate surface area is 142 Å². The maximum atomic E-state index is 12.9. The van der Waals surface area contributed by atoms with Crippen LogP contribution in [0.2, 0.25) is 0 Å². The number of hydrogen-bond acceptors (Lipinski definition) is 5. The molecule has 0 unspecified atom stereocenters. The number of carbonyl (C=O) groups excluding carboxylic acids is 1. The van der Waals surface area contributed by atoms with E-state index in [1.807, 2.05) is 0 Å². The summed E-state index contributed by atoms with van der Waals surface area (Å²) in [7, 11) is 0. The highest BCUT2D eigenvalue weighted by molar-refractivity contribution is 5.95. The zero-order valence-electron chi connectivity index (χ0n) is 13.9. The van der Waals surface area contributed by atoms with E-state index >= 15 is 0 Å². The highest BCUT2D eigenvalue weighted by Gasteiger charge is 2.26. The van der Waals surface area contributed by atoms with Crippen LogP contribution in [0, 0.1) is 13.8 Å². The van der Waals surface area contributed by atoms with Crippen LogP contribution in [0.3, 0.4) is 0 Å². The van der Waals surface area contributed by atoms with Crippen molar-refractivity contribution >= 4 is 5.91 Å². The van der Waals surface area contributed by atoms with E-state index in [1.54, 1.807) is 24.9 Å². The molecule has 0 saturated carbocycles. The van der Waals surface area contributed by atoms with Crippen molar-refractivity contribution in [3.63, 3.8) is 0 Å². The summed E-state index contributed by atoms with van der Waals surface area (Å²) in [6.45, 7) is 4.67. The zero-order valence-corrected chi connectivity index (χ0v) is 13.9. The first-order valence-corrected chi connectivity index (χ1v) is 7.96. The average Bonchev–Trinajstić information content (AvgIpc) is 3.18. The SMILES string of the molecule is Cc1cc(=O)[nH]c(-n2ncc(C(=O)N3CCc4[nH]ncc4C3)c2C)n1. The van der Waals surface area contributed by atoms with Gasteiger partial charge in [-0.15, -0.1) is 0 Å². The van der Waals surface area contributed by atoms with Gasteiger partial charge in [0.15, 0.2) is 0 Å². The third-order valence-electron chi connectivity index (χ3n) is 4.39. The summed E-state index contributed by atoms with van der Waals surface area (Å²) in [6, 6.07) is 1.41. The van der Waals surface area contributed by atoms with Gasteiger partial charge in [-0.1, -0.05) is 0 Å². The number of amides is 1. The molecule has 0 radical (unpaired) electrons. The molecule has 128 valence electrons. The van der Waals surface area contributed by atoms with Crippen molar-refractivity contribution in [3.8, 4) is 5.95 Å². The monoisotopic (exact) mass is 339 g/mol. The Hall–Kier alpha value is -3.23. The van der Waals surface area contributed by atoms with Crippen LogP contribution in [-0.2, 0) is 13.0 Å². The summed E-state index contributed by atoms with van der Waals surface area (Å²) in [6.07, 6.45) is 4.03.